The molecule has 0 fully saturated rings. The molecule has 18 heavy (non-hydrogen) atoms. The molecule has 2 N–H and O–H groups in total. The Morgan fingerprint density at radius 3 is 2.61 bits per heavy atom. The van der Waals surface area contributed by atoms with Gasteiger partial charge in [-0.1, -0.05) is 39.8 Å². The van der Waals surface area contributed by atoms with Gasteiger partial charge < -0.3 is 5.73 Å². The van der Waals surface area contributed by atoms with Crippen LogP contribution in [-0.4, -0.2) is 0 Å². The predicted octanol–water partition coefficient (Wildman–Crippen LogP) is 4.76. The van der Waals surface area contributed by atoms with Gasteiger partial charge in [-0.25, -0.2) is 4.39 Å². The van der Waals surface area contributed by atoms with Gasteiger partial charge in [-0.2, -0.15) is 0 Å². The Balaban J connectivity index is 2.37. The summed E-state index contributed by atoms with van der Waals surface area (Å²) in [5.41, 5.74) is 6.41. The molecule has 0 radical (unpaired) electrons. The Kier molecular flexibility index (Phi) is 4.43. The number of nitrogens with two attached hydrogens (primary N) is 1. The van der Waals surface area contributed by atoms with Gasteiger partial charge in [0.15, 0.2) is 0 Å². The second-order valence-electron chi connectivity index (χ2n) is 4.00. The topological polar surface area (TPSA) is 26.0 Å². The Morgan fingerprint density at radius 1 is 1.22 bits per heavy atom. The van der Waals surface area contributed by atoms with E-state index in [0.29, 0.717) is 5.56 Å². The summed E-state index contributed by atoms with van der Waals surface area (Å²) in [4.78, 5) is 1.92. The summed E-state index contributed by atoms with van der Waals surface area (Å²) in [7, 11) is 0. The average molecular weight is 326 g/mol. The Bertz CT molecular complexity index is 557. The van der Waals surface area contributed by atoms with Crippen molar-refractivity contribution >= 4 is 27.7 Å². The van der Waals surface area contributed by atoms with Crippen molar-refractivity contribution < 1.29 is 4.39 Å². The molecule has 94 valence electrons. The van der Waals surface area contributed by atoms with E-state index in [2.05, 4.69) is 15.9 Å². The van der Waals surface area contributed by atoms with E-state index in [-0.39, 0.29) is 11.9 Å². The third-order valence-corrected chi connectivity index (χ3v) is 4.05. The first-order valence-electron chi connectivity index (χ1n) is 5.55. The second kappa shape index (κ2) is 5.87. The molecule has 0 spiro atoms. The van der Waals surface area contributed by atoms with Crippen LogP contribution in [0.1, 0.15) is 18.5 Å². The summed E-state index contributed by atoms with van der Waals surface area (Å²) in [6.45, 7) is 1.80. The maximum absolute atomic E-state index is 13.8. The molecule has 2 aromatic rings. The van der Waals surface area contributed by atoms with Crippen molar-refractivity contribution in [3.05, 3.63) is 58.3 Å². The van der Waals surface area contributed by atoms with E-state index in [1.165, 1.54) is 17.8 Å². The molecule has 2 rings (SSSR count). The summed E-state index contributed by atoms with van der Waals surface area (Å²) in [5.74, 6) is -0.245. The predicted molar refractivity (Wildman–Crippen MR) is 77.3 cm³/mol. The zero-order chi connectivity index (χ0) is 13.1. The van der Waals surface area contributed by atoms with Gasteiger partial charge in [0.05, 0.1) is 0 Å². The largest absolute Gasteiger partial charge is 0.324 e. The fourth-order valence-electron chi connectivity index (χ4n) is 1.71. The third-order valence-electron chi connectivity index (χ3n) is 2.49. The molecule has 1 nitrogen and oxygen atoms in total. The molecule has 2 aromatic carbocycles. The molecule has 0 saturated heterocycles. The number of hydrogen-bond acceptors (Lipinski definition) is 2. The molecule has 1 atom stereocenters. The van der Waals surface area contributed by atoms with E-state index in [0.717, 1.165) is 14.3 Å². The van der Waals surface area contributed by atoms with Crippen LogP contribution in [0.4, 0.5) is 4.39 Å². The standard InChI is InChI=1S/C14H13BrFNS/c1-9(17)14-12(16)6-3-7-13(14)18-11-5-2-4-10(15)8-11/h2-9H,17H2,1H3/t9-/m0/s1. The van der Waals surface area contributed by atoms with Gasteiger partial charge in [0.2, 0.25) is 0 Å². The molecule has 0 aromatic heterocycles. The van der Waals surface area contributed by atoms with Crippen molar-refractivity contribution in [3.8, 4) is 0 Å². The lowest BCUT2D eigenvalue weighted by Crippen LogP contribution is -2.08. The van der Waals surface area contributed by atoms with Crippen LogP contribution in [0.2, 0.25) is 0 Å². The zero-order valence-electron chi connectivity index (χ0n) is 9.86. The van der Waals surface area contributed by atoms with E-state index < -0.39 is 0 Å². The lowest BCUT2D eigenvalue weighted by molar-refractivity contribution is 0.585. The number of rotatable bonds is 3. The summed E-state index contributed by atoms with van der Waals surface area (Å²) >= 11 is 4.95. The molecule has 0 heterocycles. The maximum atomic E-state index is 13.8. The highest BCUT2D eigenvalue weighted by Crippen LogP contribution is 2.34. The molecular formula is C14H13BrFNS. The third kappa shape index (κ3) is 3.13. The van der Waals surface area contributed by atoms with Crippen LogP contribution in [0, 0.1) is 5.82 Å². The van der Waals surface area contributed by atoms with Gasteiger partial charge in [-0.15, -0.1) is 0 Å². The summed E-state index contributed by atoms with van der Waals surface area (Å²) in [6.07, 6.45) is 0. The second-order valence-corrected chi connectivity index (χ2v) is 6.03. The first-order valence-corrected chi connectivity index (χ1v) is 7.16. The van der Waals surface area contributed by atoms with Crippen LogP contribution in [0.3, 0.4) is 0 Å². The van der Waals surface area contributed by atoms with E-state index in [4.69, 9.17) is 5.73 Å². The molecule has 0 amide bonds. The van der Waals surface area contributed by atoms with Gasteiger partial charge in [-0.3, -0.25) is 0 Å². The highest BCUT2D eigenvalue weighted by molar-refractivity contribution is 9.10. The highest BCUT2D eigenvalue weighted by Gasteiger charge is 2.13. The fourth-order valence-corrected chi connectivity index (χ4v) is 3.38. The average Bonchev–Trinajstić information content (AvgIpc) is 2.28. The lowest BCUT2D eigenvalue weighted by atomic mass is 10.1. The quantitative estimate of drug-likeness (QED) is 0.880. The van der Waals surface area contributed by atoms with Crippen molar-refractivity contribution in [2.75, 3.05) is 0 Å². The molecule has 0 aliphatic heterocycles. The monoisotopic (exact) mass is 325 g/mol. The van der Waals surface area contributed by atoms with Gasteiger partial charge in [0, 0.05) is 25.9 Å². The maximum Gasteiger partial charge on any atom is 0.129 e. The summed E-state index contributed by atoms with van der Waals surface area (Å²) < 4.78 is 14.8. The number of halogens is 2. The Hall–Kier alpha value is -0.840. The first-order chi connectivity index (χ1) is 8.58. The van der Waals surface area contributed by atoms with Crippen LogP contribution >= 0.6 is 27.7 Å². The van der Waals surface area contributed by atoms with Gasteiger partial charge in [-0.05, 0) is 37.3 Å². The van der Waals surface area contributed by atoms with Crippen molar-refractivity contribution in [1.82, 2.24) is 0 Å². The molecule has 0 saturated carbocycles. The Morgan fingerprint density at radius 2 is 1.94 bits per heavy atom. The Labute approximate surface area is 119 Å². The zero-order valence-corrected chi connectivity index (χ0v) is 12.3. The van der Waals surface area contributed by atoms with Crippen molar-refractivity contribution in [3.63, 3.8) is 0 Å². The van der Waals surface area contributed by atoms with Crippen LogP contribution in [0.5, 0.6) is 0 Å². The lowest BCUT2D eigenvalue weighted by Gasteiger charge is -2.13. The van der Waals surface area contributed by atoms with Crippen molar-refractivity contribution in [2.45, 2.75) is 22.8 Å². The number of hydrogen-bond donors (Lipinski definition) is 1. The minimum atomic E-state index is -0.319. The van der Waals surface area contributed by atoms with Crippen LogP contribution in [-0.2, 0) is 0 Å². The van der Waals surface area contributed by atoms with E-state index in [1.807, 2.05) is 30.3 Å². The van der Waals surface area contributed by atoms with Crippen molar-refractivity contribution in [1.29, 1.82) is 0 Å². The highest BCUT2D eigenvalue weighted by atomic mass is 79.9. The molecule has 0 aliphatic rings. The first kappa shape index (κ1) is 13.6. The molecule has 0 aliphatic carbocycles. The minimum absolute atomic E-state index is 0.245. The van der Waals surface area contributed by atoms with E-state index in [9.17, 15) is 4.39 Å². The number of benzene rings is 2. The van der Waals surface area contributed by atoms with Crippen LogP contribution < -0.4 is 5.73 Å². The van der Waals surface area contributed by atoms with Crippen LogP contribution in [0.15, 0.2) is 56.7 Å². The minimum Gasteiger partial charge on any atom is -0.324 e. The summed E-state index contributed by atoms with van der Waals surface area (Å²) in [6, 6.07) is 12.6. The molecule has 0 unspecified atom stereocenters. The SMILES string of the molecule is C[C@H](N)c1c(F)cccc1Sc1cccc(Br)c1. The van der Waals surface area contributed by atoms with Gasteiger partial charge in [0.1, 0.15) is 5.82 Å². The fraction of sp³-hybridized carbons (Fsp3) is 0.143. The molecule has 0 bridgehead atoms. The van der Waals surface area contributed by atoms with E-state index >= 15 is 0 Å². The van der Waals surface area contributed by atoms with Crippen molar-refractivity contribution in [2.24, 2.45) is 5.73 Å². The summed E-state index contributed by atoms with van der Waals surface area (Å²) in [5, 5.41) is 0. The van der Waals surface area contributed by atoms with Crippen LogP contribution in [0.25, 0.3) is 0 Å². The smallest absolute Gasteiger partial charge is 0.129 e. The van der Waals surface area contributed by atoms with Gasteiger partial charge in [0.25, 0.3) is 0 Å². The molecule has 4 heteroatoms. The van der Waals surface area contributed by atoms with Gasteiger partial charge >= 0.3 is 0 Å². The van der Waals surface area contributed by atoms with E-state index in [1.54, 1.807) is 13.0 Å². The molecular weight excluding hydrogens is 313 g/mol. The normalized spacial score (nSPS) is 12.4.